The second-order valence-corrected chi connectivity index (χ2v) is 10.2. The molecule has 0 atom stereocenters. The number of carboxylic acid groups (broad SMARTS) is 1. The minimum Gasteiger partial charge on any atom is -0.478 e. The van der Waals surface area contributed by atoms with Gasteiger partial charge in [-0.2, -0.15) is 0 Å². The van der Waals surface area contributed by atoms with Gasteiger partial charge in [-0.15, -0.1) is 0 Å². The zero-order valence-electron chi connectivity index (χ0n) is 26.8. The molecule has 0 saturated heterocycles. The zero-order valence-corrected chi connectivity index (χ0v) is 26.8. The summed E-state index contributed by atoms with van der Waals surface area (Å²) in [5.74, 6) is -5.23. The summed E-state index contributed by atoms with van der Waals surface area (Å²) in [6.07, 6.45) is 0. The second kappa shape index (κ2) is 18.6. The Morgan fingerprint density at radius 2 is 0.510 bits per heavy atom. The lowest BCUT2D eigenvalue weighted by Gasteiger charge is -2.09. The Morgan fingerprint density at radius 1 is 0.314 bits per heavy atom. The van der Waals surface area contributed by atoms with Crippen LogP contribution in [-0.4, -0.2) is 86.5 Å². The van der Waals surface area contributed by atoms with Crippen LogP contribution in [-0.2, 0) is 28.4 Å². The molecule has 0 radical (unpaired) electrons. The van der Waals surface area contributed by atoms with Crippen molar-refractivity contribution in [2.24, 2.45) is 0 Å². The average Bonchev–Trinajstić information content (AvgIpc) is 3.16. The minimum absolute atomic E-state index is 0.0173. The van der Waals surface area contributed by atoms with Gasteiger partial charge in [0.25, 0.3) is 0 Å². The van der Waals surface area contributed by atoms with E-state index < -0.39 is 41.8 Å². The smallest absolute Gasteiger partial charge is 0.338 e. The number of hydrogen-bond acceptors (Lipinski definition) is 13. The molecule has 0 saturated carbocycles. The molecule has 14 nitrogen and oxygen atoms in total. The van der Waals surface area contributed by atoms with Crippen LogP contribution in [0.5, 0.6) is 0 Å². The monoisotopic (exact) mass is 698 g/mol. The third-order valence-corrected chi connectivity index (χ3v) is 6.74. The molecule has 0 unspecified atom stereocenters. The molecule has 0 aliphatic carbocycles. The van der Waals surface area contributed by atoms with Crippen LogP contribution in [0.2, 0.25) is 0 Å². The van der Waals surface area contributed by atoms with Gasteiger partial charge >= 0.3 is 41.8 Å². The predicted octanol–water partition coefficient (Wildman–Crippen LogP) is 4.43. The molecular formula is C37H30O14. The standard InChI is InChI=1S/C37H30O14/c38-31(39)24-6-8-26(9-7-24)33(41)47-20-21-49-35(43)28-14-16-30(17-15-28)37(45)51-23-22-50-36(44)29-12-10-27(11-13-29)34(42)48-19-18-46-32(40)25-4-2-1-3-5-25/h1-17H,18-23H2,(H,38,39). The van der Waals surface area contributed by atoms with Crippen LogP contribution < -0.4 is 0 Å². The van der Waals surface area contributed by atoms with Gasteiger partial charge in [-0.25, -0.2) is 33.6 Å². The first-order valence-electron chi connectivity index (χ1n) is 15.2. The van der Waals surface area contributed by atoms with E-state index in [9.17, 15) is 33.6 Å². The van der Waals surface area contributed by atoms with E-state index in [1.54, 1.807) is 30.3 Å². The Morgan fingerprint density at radius 3 is 0.725 bits per heavy atom. The largest absolute Gasteiger partial charge is 0.478 e. The number of aromatic carboxylic acids is 1. The van der Waals surface area contributed by atoms with Crippen molar-refractivity contribution in [2.45, 2.75) is 0 Å². The predicted molar refractivity (Wildman–Crippen MR) is 174 cm³/mol. The van der Waals surface area contributed by atoms with Gasteiger partial charge in [0.05, 0.1) is 38.9 Å². The van der Waals surface area contributed by atoms with Crippen molar-refractivity contribution in [1.29, 1.82) is 0 Å². The number of carbonyl (C=O) groups is 7. The van der Waals surface area contributed by atoms with Gasteiger partial charge in [0.1, 0.15) is 39.6 Å². The first kappa shape index (κ1) is 37.0. The first-order valence-corrected chi connectivity index (χ1v) is 15.2. The van der Waals surface area contributed by atoms with Crippen LogP contribution in [0, 0.1) is 0 Å². The van der Waals surface area contributed by atoms with Crippen LogP contribution in [0.3, 0.4) is 0 Å². The normalized spacial score (nSPS) is 10.3. The van der Waals surface area contributed by atoms with Crippen molar-refractivity contribution in [2.75, 3.05) is 39.6 Å². The van der Waals surface area contributed by atoms with Crippen molar-refractivity contribution in [3.63, 3.8) is 0 Å². The Labute approximate surface area is 290 Å². The van der Waals surface area contributed by atoms with E-state index in [-0.39, 0.29) is 73.0 Å². The maximum Gasteiger partial charge on any atom is 0.338 e. The van der Waals surface area contributed by atoms with Gasteiger partial charge in [-0.1, -0.05) is 18.2 Å². The molecule has 14 heteroatoms. The topological polar surface area (TPSA) is 195 Å². The molecule has 0 bridgehead atoms. The van der Waals surface area contributed by atoms with Crippen molar-refractivity contribution in [3.05, 3.63) is 142 Å². The van der Waals surface area contributed by atoms with E-state index in [0.717, 1.165) is 0 Å². The summed E-state index contributed by atoms with van der Waals surface area (Å²) in [5, 5.41) is 8.91. The summed E-state index contributed by atoms with van der Waals surface area (Å²) < 4.78 is 30.4. The maximum atomic E-state index is 12.4. The Balaban J connectivity index is 1.09. The summed E-state index contributed by atoms with van der Waals surface area (Å²) in [4.78, 5) is 84.1. The van der Waals surface area contributed by atoms with Gasteiger partial charge in [0.15, 0.2) is 0 Å². The Hall–Kier alpha value is -6.83. The lowest BCUT2D eigenvalue weighted by molar-refractivity contribution is 0.0261. The molecule has 0 aliphatic rings. The van der Waals surface area contributed by atoms with E-state index in [2.05, 4.69) is 0 Å². The maximum absolute atomic E-state index is 12.4. The molecule has 4 aromatic rings. The lowest BCUT2D eigenvalue weighted by atomic mass is 10.1. The number of esters is 6. The number of rotatable bonds is 16. The van der Waals surface area contributed by atoms with Crippen molar-refractivity contribution < 1.29 is 67.1 Å². The lowest BCUT2D eigenvalue weighted by Crippen LogP contribution is -2.15. The quantitative estimate of drug-likeness (QED) is 0.0981. The fourth-order valence-electron chi connectivity index (χ4n) is 4.11. The number of ether oxygens (including phenoxy) is 6. The summed E-state index contributed by atoms with van der Waals surface area (Å²) >= 11 is 0. The van der Waals surface area contributed by atoms with Gasteiger partial charge in [0.2, 0.25) is 0 Å². The van der Waals surface area contributed by atoms with E-state index in [4.69, 9.17) is 33.5 Å². The highest BCUT2D eigenvalue weighted by Crippen LogP contribution is 2.11. The average molecular weight is 699 g/mol. The third-order valence-electron chi connectivity index (χ3n) is 6.74. The number of carbonyl (C=O) groups excluding carboxylic acids is 6. The number of benzene rings is 4. The highest BCUT2D eigenvalue weighted by Gasteiger charge is 2.15. The van der Waals surface area contributed by atoms with Gasteiger partial charge in [-0.05, 0) is 84.9 Å². The van der Waals surface area contributed by atoms with Crippen molar-refractivity contribution in [3.8, 4) is 0 Å². The SMILES string of the molecule is O=C(O)c1ccc(C(=O)OCCOC(=O)c2ccc(C(=O)OCCOC(=O)c3ccc(C(=O)OCCOC(=O)c4ccccc4)cc3)cc2)cc1. The summed E-state index contributed by atoms with van der Waals surface area (Å²) in [6.45, 7) is -1.28. The molecule has 1 N–H and O–H groups in total. The van der Waals surface area contributed by atoms with Crippen LogP contribution in [0.1, 0.15) is 72.5 Å². The van der Waals surface area contributed by atoms with E-state index in [0.29, 0.717) is 5.56 Å². The Bertz CT molecular complexity index is 1850. The molecule has 4 aromatic carbocycles. The number of carboxylic acids is 1. The molecule has 0 spiro atoms. The summed E-state index contributed by atoms with van der Waals surface area (Å²) in [5.41, 5.74) is 1.08. The molecule has 0 aliphatic heterocycles. The fraction of sp³-hybridized carbons (Fsp3) is 0.162. The van der Waals surface area contributed by atoms with Gasteiger partial charge in [0, 0.05) is 0 Å². The fourth-order valence-corrected chi connectivity index (χ4v) is 4.11. The molecule has 0 heterocycles. The van der Waals surface area contributed by atoms with Gasteiger partial charge in [-0.3, -0.25) is 0 Å². The third kappa shape index (κ3) is 11.4. The highest BCUT2D eigenvalue weighted by molar-refractivity contribution is 5.95. The van der Waals surface area contributed by atoms with Crippen molar-refractivity contribution in [1.82, 2.24) is 0 Å². The minimum atomic E-state index is -1.13. The van der Waals surface area contributed by atoms with Crippen LogP contribution in [0.4, 0.5) is 0 Å². The van der Waals surface area contributed by atoms with E-state index in [1.165, 1.54) is 72.8 Å². The molecule has 4 rings (SSSR count). The summed E-state index contributed by atoms with van der Waals surface area (Å²) in [7, 11) is 0. The van der Waals surface area contributed by atoms with Crippen LogP contribution in [0.25, 0.3) is 0 Å². The molecule has 0 amide bonds. The molecule has 0 aromatic heterocycles. The van der Waals surface area contributed by atoms with Crippen LogP contribution in [0.15, 0.2) is 103 Å². The van der Waals surface area contributed by atoms with Crippen LogP contribution >= 0.6 is 0 Å². The van der Waals surface area contributed by atoms with E-state index in [1.807, 2.05) is 0 Å². The molecular weight excluding hydrogens is 668 g/mol. The molecule has 0 fully saturated rings. The van der Waals surface area contributed by atoms with Gasteiger partial charge < -0.3 is 33.5 Å². The van der Waals surface area contributed by atoms with E-state index >= 15 is 0 Å². The molecule has 51 heavy (non-hydrogen) atoms. The molecule has 262 valence electrons. The Kier molecular flexibility index (Phi) is 13.5. The highest BCUT2D eigenvalue weighted by atomic mass is 16.6. The van der Waals surface area contributed by atoms with Crippen molar-refractivity contribution >= 4 is 41.8 Å². The zero-order chi connectivity index (χ0) is 36.6. The first-order chi connectivity index (χ1) is 24.6. The number of hydrogen-bond donors (Lipinski definition) is 1. The summed E-state index contributed by atoms with van der Waals surface area (Å²) in [6, 6.07) is 24.3. The second-order valence-electron chi connectivity index (χ2n) is 10.2.